The lowest BCUT2D eigenvalue weighted by atomic mass is 10.3. The highest BCUT2D eigenvalue weighted by Crippen LogP contribution is 2.36. The van der Waals surface area contributed by atoms with Gasteiger partial charge in [0, 0.05) is 11.6 Å². The van der Waals surface area contributed by atoms with Crippen molar-refractivity contribution in [2.45, 2.75) is 9.24 Å². The van der Waals surface area contributed by atoms with Crippen LogP contribution in [0.2, 0.25) is 0 Å². The predicted octanol–water partition coefficient (Wildman–Crippen LogP) is 3.54. The molecule has 0 atom stereocenters. The fourth-order valence-electron chi connectivity index (χ4n) is 1.66. The third-order valence-corrected chi connectivity index (χ3v) is 4.61. The largest absolute Gasteiger partial charge is 0.478 e. The van der Waals surface area contributed by atoms with E-state index in [0.29, 0.717) is 5.03 Å². The van der Waals surface area contributed by atoms with Crippen molar-refractivity contribution in [2.24, 2.45) is 0 Å². The molecular weight excluding hydrogens is 280 g/mol. The van der Waals surface area contributed by atoms with Crippen LogP contribution in [0.4, 0.5) is 0 Å². The summed E-state index contributed by atoms with van der Waals surface area (Å²) >= 11 is 2.70. The quantitative estimate of drug-likeness (QED) is 0.798. The van der Waals surface area contributed by atoms with Gasteiger partial charge in [-0.25, -0.2) is 9.78 Å². The zero-order valence-corrected chi connectivity index (χ0v) is 11.2. The summed E-state index contributed by atoms with van der Waals surface area (Å²) < 4.78 is 5.29. The van der Waals surface area contributed by atoms with E-state index in [4.69, 9.17) is 5.11 Å². The van der Waals surface area contributed by atoms with Gasteiger partial charge >= 0.3 is 5.97 Å². The Labute approximate surface area is 117 Å². The third kappa shape index (κ3) is 2.32. The van der Waals surface area contributed by atoms with Crippen LogP contribution in [0.15, 0.2) is 51.8 Å². The highest BCUT2D eigenvalue weighted by molar-refractivity contribution is 8.01. The number of hydrogen-bond acceptors (Lipinski definition) is 5. The maximum Gasteiger partial charge on any atom is 0.338 e. The van der Waals surface area contributed by atoms with E-state index >= 15 is 0 Å². The first-order valence-corrected chi connectivity index (χ1v) is 7.05. The predicted molar refractivity (Wildman–Crippen MR) is 74.9 cm³/mol. The fourth-order valence-corrected chi connectivity index (χ4v) is 3.61. The lowest BCUT2D eigenvalue weighted by Crippen LogP contribution is -1.99. The molecule has 0 amide bonds. The topological polar surface area (TPSA) is 63.1 Å². The van der Waals surface area contributed by atoms with Crippen LogP contribution in [-0.2, 0) is 0 Å². The van der Waals surface area contributed by atoms with Crippen molar-refractivity contribution in [2.75, 3.05) is 0 Å². The van der Waals surface area contributed by atoms with Crippen LogP contribution < -0.4 is 0 Å². The van der Waals surface area contributed by atoms with Gasteiger partial charge in [-0.05, 0) is 29.7 Å². The van der Waals surface area contributed by atoms with Crippen molar-refractivity contribution in [1.29, 1.82) is 0 Å². The molecule has 3 aromatic rings. The van der Waals surface area contributed by atoms with Gasteiger partial charge in [-0.2, -0.15) is 4.37 Å². The molecule has 1 N–H and O–H groups in total. The summed E-state index contributed by atoms with van der Waals surface area (Å²) in [6, 6.07) is 11.0. The molecule has 19 heavy (non-hydrogen) atoms. The number of pyridine rings is 1. The minimum absolute atomic E-state index is 0.213. The Hall–Kier alpha value is -1.92. The van der Waals surface area contributed by atoms with E-state index in [2.05, 4.69) is 9.36 Å². The Bertz CT molecular complexity index is 755. The number of fused-ring (bicyclic) bond motifs is 1. The first-order chi connectivity index (χ1) is 9.25. The van der Waals surface area contributed by atoms with E-state index in [-0.39, 0.29) is 5.56 Å². The summed E-state index contributed by atoms with van der Waals surface area (Å²) in [6.45, 7) is 0. The summed E-state index contributed by atoms with van der Waals surface area (Å²) in [4.78, 5) is 15.3. The van der Waals surface area contributed by atoms with Gasteiger partial charge in [0.05, 0.1) is 15.3 Å². The fraction of sp³-hybridized carbons (Fsp3) is 0. The van der Waals surface area contributed by atoms with Gasteiger partial charge in [0.1, 0.15) is 5.03 Å². The lowest BCUT2D eigenvalue weighted by molar-refractivity contribution is 0.0692. The van der Waals surface area contributed by atoms with Gasteiger partial charge in [-0.3, -0.25) is 0 Å². The molecule has 2 aromatic heterocycles. The zero-order valence-electron chi connectivity index (χ0n) is 9.61. The van der Waals surface area contributed by atoms with E-state index in [0.717, 1.165) is 15.1 Å². The van der Waals surface area contributed by atoms with E-state index < -0.39 is 5.97 Å². The molecule has 0 aliphatic carbocycles. The van der Waals surface area contributed by atoms with Crippen LogP contribution in [-0.4, -0.2) is 20.4 Å². The molecular formula is C13H8N2O2S2. The van der Waals surface area contributed by atoms with Crippen molar-refractivity contribution in [1.82, 2.24) is 9.36 Å². The minimum Gasteiger partial charge on any atom is -0.478 e. The molecule has 4 nitrogen and oxygen atoms in total. The number of carboxylic acid groups (broad SMARTS) is 1. The number of carbonyl (C=O) groups is 1. The highest BCUT2D eigenvalue weighted by Gasteiger charge is 2.14. The summed E-state index contributed by atoms with van der Waals surface area (Å²) in [5.41, 5.74) is 1.13. The van der Waals surface area contributed by atoms with Crippen LogP contribution >= 0.6 is 23.3 Å². The SMILES string of the molecule is O=C(O)c1cccnc1Sc1snc2ccccc12. The number of carboxylic acids is 1. The van der Waals surface area contributed by atoms with Crippen molar-refractivity contribution >= 4 is 40.2 Å². The van der Waals surface area contributed by atoms with Gasteiger partial charge in [0.25, 0.3) is 0 Å². The van der Waals surface area contributed by atoms with Gasteiger partial charge in [-0.1, -0.05) is 30.0 Å². The molecule has 0 radical (unpaired) electrons. The highest BCUT2D eigenvalue weighted by atomic mass is 32.2. The molecule has 2 heterocycles. The van der Waals surface area contributed by atoms with Gasteiger partial charge in [0.15, 0.2) is 0 Å². The van der Waals surface area contributed by atoms with Gasteiger partial charge in [0.2, 0.25) is 0 Å². The molecule has 0 aliphatic heterocycles. The van der Waals surface area contributed by atoms with Gasteiger partial charge < -0.3 is 5.11 Å². The second kappa shape index (κ2) is 4.99. The maximum atomic E-state index is 11.1. The first kappa shape index (κ1) is 12.1. The lowest BCUT2D eigenvalue weighted by Gasteiger charge is -2.02. The molecule has 94 valence electrons. The molecule has 6 heteroatoms. The molecule has 0 unspecified atom stereocenters. The Morgan fingerprint density at radius 2 is 2.05 bits per heavy atom. The van der Waals surface area contributed by atoms with Crippen LogP contribution in [0, 0.1) is 0 Å². The standard InChI is InChI=1S/C13H8N2O2S2/c16-12(17)9-5-3-7-14-11(9)18-13-8-4-1-2-6-10(8)15-19-13/h1-7H,(H,16,17). The molecule has 1 aromatic carbocycles. The monoisotopic (exact) mass is 288 g/mol. The molecule has 0 spiro atoms. The van der Waals surface area contributed by atoms with Crippen molar-refractivity contribution in [3.63, 3.8) is 0 Å². The average Bonchev–Trinajstić information content (AvgIpc) is 2.83. The Balaban J connectivity index is 2.04. The van der Waals surface area contributed by atoms with Crippen LogP contribution in [0.3, 0.4) is 0 Å². The van der Waals surface area contributed by atoms with Crippen molar-refractivity contribution in [3.05, 3.63) is 48.2 Å². The summed E-state index contributed by atoms with van der Waals surface area (Å²) in [7, 11) is 0. The molecule has 0 saturated heterocycles. The van der Waals surface area contributed by atoms with Crippen molar-refractivity contribution in [3.8, 4) is 0 Å². The first-order valence-electron chi connectivity index (χ1n) is 5.46. The summed E-state index contributed by atoms with van der Waals surface area (Å²) in [5, 5.41) is 10.7. The second-order valence-electron chi connectivity index (χ2n) is 3.75. The number of hydrogen-bond donors (Lipinski definition) is 1. The number of aromatic carboxylic acids is 1. The normalized spacial score (nSPS) is 10.7. The number of nitrogens with zero attached hydrogens (tertiary/aromatic N) is 2. The maximum absolute atomic E-state index is 11.1. The molecule has 0 saturated carbocycles. The Morgan fingerprint density at radius 1 is 1.21 bits per heavy atom. The minimum atomic E-state index is -0.968. The number of aromatic nitrogens is 2. The van der Waals surface area contributed by atoms with Gasteiger partial charge in [-0.15, -0.1) is 0 Å². The van der Waals surface area contributed by atoms with Crippen LogP contribution in [0.1, 0.15) is 10.4 Å². The molecule has 0 bridgehead atoms. The average molecular weight is 288 g/mol. The van der Waals surface area contributed by atoms with E-state index in [1.807, 2.05) is 24.3 Å². The number of rotatable bonds is 3. The van der Waals surface area contributed by atoms with Crippen molar-refractivity contribution < 1.29 is 9.90 Å². The Morgan fingerprint density at radius 3 is 2.89 bits per heavy atom. The van der Waals surface area contributed by atoms with E-state index in [1.165, 1.54) is 23.3 Å². The second-order valence-corrected chi connectivity index (χ2v) is 5.78. The number of benzene rings is 1. The van der Waals surface area contributed by atoms with E-state index in [1.54, 1.807) is 18.3 Å². The molecule has 0 aliphatic rings. The van der Waals surface area contributed by atoms with E-state index in [9.17, 15) is 4.79 Å². The van der Waals surface area contributed by atoms with Crippen LogP contribution in [0.5, 0.6) is 0 Å². The van der Waals surface area contributed by atoms with Crippen LogP contribution in [0.25, 0.3) is 10.9 Å². The molecule has 0 fully saturated rings. The Kier molecular flexibility index (Phi) is 3.18. The smallest absolute Gasteiger partial charge is 0.338 e. The summed E-state index contributed by atoms with van der Waals surface area (Å²) in [5.74, 6) is -0.968. The zero-order chi connectivity index (χ0) is 13.2. The summed E-state index contributed by atoms with van der Waals surface area (Å²) in [6.07, 6.45) is 1.60. The molecule has 3 rings (SSSR count). The third-order valence-electron chi connectivity index (χ3n) is 2.54.